The third-order valence-electron chi connectivity index (χ3n) is 2.86. The van der Waals surface area contributed by atoms with E-state index in [1.54, 1.807) is 18.3 Å². The van der Waals surface area contributed by atoms with Crippen LogP contribution in [-0.4, -0.2) is 11.5 Å². The summed E-state index contributed by atoms with van der Waals surface area (Å²) in [5.74, 6) is -0.163. The standard InChI is InChI=1S/C14H17FN2S/c1-4-16-14(13-8-18-10(3)17-13)11-5-6-12(15)9(2)7-11/h5-8,14,16H,4H2,1-3H3. The first-order valence-corrected chi connectivity index (χ1v) is 6.91. The zero-order valence-corrected chi connectivity index (χ0v) is 11.6. The van der Waals surface area contributed by atoms with Gasteiger partial charge in [-0.25, -0.2) is 9.37 Å². The number of nitrogens with zero attached hydrogens (tertiary/aromatic N) is 1. The lowest BCUT2D eigenvalue weighted by atomic mass is 10.0. The molecular formula is C14H17FN2S. The van der Waals surface area contributed by atoms with Crippen LogP contribution < -0.4 is 5.32 Å². The monoisotopic (exact) mass is 264 g/mol. The summed E-state index contributed by atoms with van der Waals surface area (Å²) in [5, 5.41) is 6.50. The van der Waals surface area contributed by atoms with Crippen molar-refractivity contribution < 1.29 is 4.39 Å². The lowest BCUT2D eigenvalue weighted by molar-refractivity contribution is 0.601. The topological polar surface area (TPSA) is 24.9 Å². The summed E-state index contributed by atoms with van der Waals surface area (Å²) in [6.45, 7) is 6.68. The van der Waals surface area contributed by atoms with Crippen molar-refractivity contribution in [2.75, 3.05) is 6.54 Å². The van der Waals surface area contributed by atoms with Crippen LogP contribution in [0, 0.1) is 19.7 Å². The number of hydrogen-bond donors (Lipinski definition) is 1. The van der Waals surface area contributed by atoms with E-state index in [1.807, 2.05) is 19.1 Å². The van der Waals surface area contributed by atoms with E-state index < -0.39 is 0 Å². The lowest BCUT2D eigenvalue weighted by Gasteiger charge is -2.17. The average Bonchev–Trinajstić information content (AvgIpc) is 2.76. The van der Waals surface area contributed by atoms with E-state index in [0.29, 0.717) is 5.56 Å². The number of aromatic nitrogens is 1. The van der Waals surface area contributed by atoms with E-state index in [1.165, 1.54) is 6.07 Å². The zero-order chi connectivity index (χ0) is 13.1. The molecular weight excluding hydrogens is 247 g/mol. The summed E-state index contributed by atoms with van der Waals surface area (Å²) in [6.07, 6.45) is 0. The molecule has 0 radical (unpaired) electrons. The molecule has 0 aliphatic carbocycles. The van der Waals surface area contributed by atoms with Crippen molar-refractivity contribution in [3.8, 4) is 0 Å². The summed E-state index contributed by atoms with van der Waals surface area (Å²) in [5.41, 5.74) is 2.73. The van der Waals surface area contributed by atoms with Gasteiger partial charge in [-0.3, -0.25) is 0 Å². The number of nitrogens with one attached hydrogen (secondary N) is 1. The molecule has 0 saturated carbocycles. The molecule has 0 aliphatic heterocycles. The van der Waals surface area contributed by atoms with E-state index >= 15 is 0 Å². The molecule has 4 heteroatoms. The molecule has 0 amide bonds. The SMILES string of the molecule is CCNC(c1ccc(F)c(C)c1)c1csc(C)n1. The van der Waals surface area contributed by atoms with E-state index in [2.05, 4.69) is 22.6 Å². The summed E-state index contributed by atoms with van der Waals surface area (Å²) in [4.78, 5) is 4.52. The maximum Gasteiger partial charge on any atom is 0.126 e. The van der Waals surface area contributed by atoms with Gasteiger partial charge in [-0.2, -0.15) is 0 Å². The van der Waals surface area contributed by atoms with Gasteiger partial charge in [-0.1, -0.05) is 19.1 Å². The van der Waals surface area contributed by atoms with Gasteiger partial charge >= 0.3 is 0 Å². The molecule has 0 spiro atoms. The van der Waals surface area contributed by atoms with Crippen LogP contribution >= 0.6 is 11.3 Å². The van der Waals surface area contributed by atoms with E-state index in [0.717, 1.165) is 22.8 Å². The second-order valence-corrected chi connectivity index (χ2v) is 5.35. The van der Waals surface area contributed by atoms with Gasteiger partial charge in [-0.05, 0) is 37.6 Å². The molecule has 96 valence electrons. The highest BCUT2D eigenvalue weighted by molar-refractivity contribution is 7.09. The van der Waals surface area contributed by atoms with Crippen molar-refractivity contribution >= 4 is 11.3 Å². The molecule has 2 rings (SSSR count). The Labute approximate surface area is 111 Å². The second-order valence-electron chi connectivity index (χ2n) is 4.29. The van der Waals surface area contributed by atoms with Crippen molar-refractivity contribution in [3.63, 3.8) is 0 Å². The highest BCUT2D eigenvalue weighted by Crippen LogP contribution is 2.24. The quantitative estimate of drug-likeness (QED) is 0.912. The summed E-state index contributed by atoms with van der Waals surface area (Å²) in [6, 6.07) is 5.27. The largest absolute Gasteiger partial charge is 0.305 e. The molecule has 2 aromatic rings. The number of thiazole rings is 1. The number of aryl methyl sites for hydroxylation is 2. The second kappa shape index (κ2) is 5.59. The average molecular weight is 264 g/mol. The molecule has 1 atom stereocenters. The third-order valence-corrected chi connectivity index (χ3v) is 3.65. The fraction of sp³-hybridized carbons (Fsp3) is 0.357. The van der Waals surface area contributed by atoms with Gasteiger partial charge in [0.05, 0.1) is 16.7 Å². The molecule has 0 fully saturated rings. The van der Waals surface area contributed by atoms with E-state index in [4.69, 9.17) is 0 Å². The highest BCUT2D eigenvalue weighted by Gasteiger charge is 2.16. The zero-order valence-electron chi connectivity index (χ0n) is 10.8. The van der Waals surface area contributed by atoms with Crippen molar-refractivity contribution in [3.05, 3.63) is 51.2 Å². The van der Waals surface area contributed by atoms with Gasteiger partial charge in [0, 0.05) is 5.38 Å². The van der Waals surface area contributed by atoms with Crippen molar-refractivity contribution in [2.45, 2.75) is 26.8 Å². The molecule has 2 nitrogen and oxygen atoms in total. The Morgan fingerprint density at radius 3 is 2.72 bits per heavy atom. The van der Waals surface area contributed by atoms with Crippen LogP contribution in [0.25, 0.3) is 0 Å². The Bertz CT molecular complexity index is 536. The van der Waals surface area contributed by atoms with Crippen LogP contribution in [0.3, 0.4) is 0 Å². The fourth-order valence-electron chi connectivity index (χ4n) is 1.96. The van der Waals surface area contributed by atoms with Gasteiger partial charge in [0.25, 0.3) is 0 Å². The van der Waals surface area contributed by atoms with Gasteiger partial charge in [-0.15, -0.1) is 11.3 Å². The molecule has 18 heavy (non-hydrogen) atoms. The van der Waals surface area contributed by atoms with Crippen LogP contribution in [-0.2, 0) is 0 Å². The minimum Gasteiger partial charge on any atom is -0.305 e. The minimum absolute atomic E-state index is 0.0410. The molecule has 1 aromatic heterocycles. The Balaban J connectivity index is 2.37. The fourth-order valence-corrected chi connectivity index (χ4v) is 2.60. The van der Waals surface area contributed by atoms with Gasteiger partial charge in [0.1, 0.15) is 5.82 Å². The maximum atomic E-state index is 13.3. The maximum absolute atomic E-state index is 13.3. The van der Waals surface area contributed by atoms with Gasteiger partial charge in [0.2, 0.25) is 0 Å². The minimum atomic E-state index is -0.163. The number of rotatable bonds is 4. The first-order valence-electron chi connectivity index (χ1n) is 6.03. The smallest absolute Gasteiger partial charge is 0.126 e. The normalized spacial score (nSPS) is 12.7. The predicted molar refractivity (Wildman–Crippen MR) is 73.5 cm³/mol. The molecule has 0 saturated heterocycles. The van der Waals surface area contributed by atoms with Gasteiger partial charge < -0.3 is 5.32 Å². The lowest BCUT2D eigenvalue weighted by Crippen LogP contribution is -2.22. The summed E-state index contributed by atoms with van der Waals surface area (Å²) >= 11 is 1.64. The van der Waals surface area contributed by atoms with Crippen molar-refractivity contribution in [1.29, 1.82) is 0 Å². The molecule has 1 aromatic carbocycles. The first-order chi connectivity index (χ1) is 8.61. The first kappa shape index (κ1) is 13.2. The molecule has 0 aliphatic rings. The van der Waals surface area contributed by atoms with E-state index in [-0.39, 0.29) is 11.9 Å². The van der Waals surface area contributed by atoms with Crippen LogP contribution in [0.2, 0.25) is 0 Å². The van der Waals surface area contributed by atoms with Crippen molar-refractivity contribution in [2.24, 2.45) is 0 Å². The number of benzene rings is 1. The van der Waals surface area contributed by atoms with Gasteiger partial charge in [0.15, 0.2) is 0 Å². The number of hydrogen-bond acceptors (Lipinski definition) is 3. The predicted octanol–water partition coefficient (Wildman–Crippen LogP) is 3.60. The Morgan fingerprint density at radius 1 is 1.39 bits per heavy atom. The van der Waals surface area contributed by atoms with E-state index in [9.17, 15) is 4.39 Å². The highest BCUT2D eigenvalue weighted by atomic mass is 32.1. The summed E-state index contributed by atoms with van der Waals surface area (Å²) in [7, 11) is 0. The Hall–Kier alpha value is -1.26. The van der Waals surface area contributed by atoms with Crippen LogP contribution in [0.15, 0.2) is 23.6 Å². The molecule has 1 heterocycles. The summed E-state index contributed by atoms with van der Waals surface area (Å²) < 4.78 is 13.3. The Morgan fingerprint density at radius 2 is 2.17 bits per heavy atom. The number of halogens is 1. The van der Waals surface area contributed by atoms with Crippen LogP contribution in [0.4, 0.5) is 4.39 Å². The third kappa shape index (κ3) is 2.76. The van der Waals surface area contributed by atoms with Crippen molar-refractivity contribution in [1.82, 2.24) is 10.3 Å². The van der Waals surface area contributed by atoms with Crippen LogP contribution in [0.1, 0.15) is 34.8 Å². The molecule has 0 bridgehead atoms. The Kier molecular flexibility index (Phi) is 4.09. The van der Waals surface area contributed by atoms with Crippen LogP contribution in [0.5, 0.6) is 0 Å². The molecule has 1 N–H and O–H groups in total. The molecule has 1 unspecified atom stereocenters.